The highest BCUT2D eigenvalue weighted by Gasteiger charge is 2.13. The molecule has 0 fully saturated rings. The maximum atomic E-state index is 11.1. The van der Waals surface area contributed by atoms with Gasteiger partial charge < -0.3 is 15.2 Å². The minimum Gasteiger partial charge on any atom is -0.489 e. The molecule has 0 spiro atoms. The summed E-state index contributed by atoms with van der Waals surface area (Å²) in [5.41, 5.74) is 0.412. The Kier molecular flexibility index (Phi) is 6.42. The number of benzene rings is 1. The Balaban J connectivity index is 3.20. The third-order valence-electron chi connectivity index (χ3n) is 2.23. The summed E-state index contributed by atoms with van der Waals surface area (Å²) in [7, 11) is 0. The van der Waals surface area contributed by atoms with Crippen LogP contribution in [0.2, 0.25) is 0 Å². The number of aliphatic carboxylic acids is 1. The average Bonchev–Trinajstić information content (AvgIpc) is 2.32. The second-order valence-corrected chi connectivity index (χ2v) is 6.23. The molecule has 0 bridgehead atoms. The SMILES string of the molecule is CC(=O)N/C(=C/c1cc(Br)c(OC(C)C)c(Br)c1)C(=O)O. The van der Waals surface area contributed by atoms with E-state index in [9.17, 15) is 9.59 Å². The van der Waals surface area contributed by atoms with Gasteiger partial charge in [-0.15, -0.1) is 0 Å². The molecule has 114 valence electrons. The van der Waals surface area contributed by atoms with Crippen LogP contribution in [0.3, 0.4) is 0 Å². The monoisotopic (exact) mass is 419 g/mol. The minimum absolute atomic E-state index is 0.00736. The number of ether oxygens (including phenoxy) is 1. The number of carboxylic acid groups (broad SMARTS) is 1. The first kappa shape index (κ1) is 17.7. The molecule has 0 aliphatic carbocycles. The molecule has 0 aliphatic heterocycles. The topological polar surface area (TPSA) is 75.6 Å². The standard InChI is InChI=1S/C14H15Br2NO4/c1-7(2)21-13-10(15)4-9(5-11(13)16)6-12(14(19)20)17-8(3)18/h4-7H,1-3H3,(H,17,18)(H,19,20)/b12-6+. The highest BCUT2D eigenvalue weighted by molar-refractivity contribution is 9.11. The first-order chi connectivity index (χ1) is 9.70. The number of amides is 1. The van der Waals surface area contributed by atoms with Crippen molar-refractivity contribution in [2.24, 2.45) is 0 Å². The fourth-order valence-corrected chi connectivity index (χ4v) is 2.93. The van der Waals surface area contributed by atoms with Gasteiger partial charge in [0.2, 0.25) is 5.91 Å². The molecule has 5 nitrogen and oxygen atoms in total. The van der Waals surface area contributed by atoms with E-state index in [0.717, 1.165) is 0 Å². The van der Waals surface area contributed by atoms with Crippen molar-refractivity contribution in [3.05, 3.63) is 32.3 Å². The second-order valence-electron chi connectivity index (χ2n) is 4.52. The van der Waals surface area contributed by atoms with Crippen molar-refractivity contribution in [2.75, 3.05) is 0 Å². The number of carbonyl (C=O) groups excluding carboxylic acids is 1. The van der Waals surface area contributed by atoms with Gasteiger partial charge in [0.25, 0.3) is 0 Å². The quantitative estimate of drug-likeness (QED) is 0.714. The Labute approximate surface area is 139 Å². The lowest BCUT2D eigenvalue weighted by molar-refractivity contribution is -0.134. The maximum Gasteiger partial charge on any atom is 0.352 e. The fourth-order valence-electron chi connectivity index (χ4n) is 1.52. The zero-order valence-electron chi connectivity index (χ0n) is 11.7. The zero-order valence-corrected chi connectivity index (χ0v) is 14.9. The predicted octanol–water partition coefficient (Wildman–Crippen LogP) is 3.56. The van der Waals surface area contributed by atoms with Crippen LogP contribution in [0.4, 0.5) is 0 Å². The van der Waals surface area contributed by atoms with Gasteiger partial charge in [0.1, 0.15) is 11.4 Å². The van der Waals surface area contributed by atoms with Crippen molar-refractivity contribution in [3.8, 4) is 5.75 Å². The van der Waals surface area contributed by atoms with Crippen LogP contribution < -0.4 is 10.1 Å². The highest BCUT2D eigenvalue weighted by Crippen LogP contribution is 2.36. The lowest BCUT2D eigenvalue weighted by Crippen LogP contribution is -2.24. The van der Waals surface area contributed by atoms with Crippen LogP contribution in [0, 0.1) is 0 Å². The number of halogens is 2. The number of hydrogen-bond donors (Lipinski definition) is 2. The van der Waals surface area contributed by atoms with Gasteiger partial charge in [-0.2, -0.15) is 0 Å². The Morgan fingerprint density at radius 2 is 1.81 bits per heavy atom. The molecule has 0 aromatic heterocycles. The van der Waals surface area contributed by atoms with Crippen LogP contribution in [0.15, 0.2) is 26.8 Å². The number of carboxylic acids is 1. The third-order valence-corrected chi connectivity index (χ3v) is 3.40. The van der Waals surface area contributed by atoms with Crippen LogP contribution in [-0.2, 0) is 9.59 Å². The lowest BCUT2D eigenvalue weighted by Gasteiger charge is -2.14. The molecule has 0 saturated carbocycles. The average molecular weight is 421 g/mol. The van der Waals surface area contributed by atoms with Gasteiger partial charge in [-0.1, -0.05) is 0 Å². The van der Waals surface area contributed by atoms with Crippen molar-refractivity contribution in [1.82, 2.24) is 5.32 Å². The number of nitrogens with one attached hydrogen (secondary N) is 1. The second kappa shape index (κ2) is 7.61. The van der Waals surface area contributed by atoms with Crippen LogP contribution in [0.1, 0.15) is 26.3 Å². The summed E-state index contributed by atoms with van der Waals surface area (Å²) in [6.45, 7) is 5.07. The number of carbonyl (C=O) groups is 2. The summed E-state index contributed by atoms with van der Waals surface area (Å²) in [6, 6.07) is 3.43. The minimum atomic E-state index is -1.21. The van der Waals surface area contributed by atoms with Gasteiger partial charge >= 0.3 is 5.97 Å². The summed E-state index contributed by atoms with van der Waals surface area (Å²) in [5.74, 6) is -1.01. The van der Waals surface area contributed by atoms with E-state index in [1.807, 2.05) is 13.8 Å². The fraction of sp³-hybridized carbons (Fsp3) is 0.286. The van der Waals surface area contributed by atoms with Crippen molar-refractivity contribution < 1.29 is 19.4 Å². The molecule has 7 heteroatoms. The highest BCUT2D eigenvalue weighted by atomic mass is 79.9. The van der Waals surface area contributed by atoms with E-state index in [1.54, 1.807) is 12.1 Å². The number of hydrogen-bond acceptors (Lipinski definition) is 3. The van der Waals surface area contributed by atoms with Crippen LogP contribution >= 0.6 is 31.9 Å². The van der Waals surface area contributed by atoms with Crippen LogP contribution in [-0.4, -0.2) is 23.1 Å². The Bertz CT molecular complexity index is 574. The maximum absolute atomic E-state index is 11.1. The summed E-state index contributed by atoms with van der Waals surface area (Å²) < 4.78 is 7.02. The molecule has 0 unspecified atom stereocenters. The normalized spacial score (nSPS) is 11.4. The summed E-state index contributed by atoms with van der Waals surface area (Å²) in [4.78, 5) is 22.1. The Morgan fingerprint density at radius 1 is 1.29 bits per heavy atom. The molecule has 1 rings (SSSR count). The number of rotatable bonds is 5. The van der Waals surface area contributed by atoms with E-state index in [1.165, 1.54) is 13.0 Å². The molecule has 0 saturated heterocycles. The Morgan fingerprint density at radius 3 is 2.19 bits per heavy atom. The van der Waals surface area contributed by atoms with Gasteiger partial charge in [-0.3, -0.25) is 4.79 Å². The van der Waals surface area contributed by atoms with Gasteiger partial charge in [0.05, 0.1) is 15.0 Å². The molecule has 0 atom stereocenters. The first-order valence-corrected chi connectivity index (χ1v) is 7.67. The molecule has 2 N–H and O–H groups in total. The van der Waals surface area contributed by atoms with Gasteiger partial charge in [-0.05, 0) is 69.5 Å². The molecule has 1 amide bonds. The molecule has 1 aromatic carbocycles. The van der Waals surface area contributed by atoms with E-state index in [4.69, 9.17) is 9.84 Å². The van der Waals surface area contributed by atoms with E-state index < -0.39 is 11.9 Å². The predicted molar refractivity (Wildman–Crippen MR) is 87.0 cm³/mol. The van der Waals surface area contributed by atoms with E-state index in [-0.39, 0.29) is 11.8 Å². The van der Waals surface area contributed by atoms with Crippen molar-refractivity contribution in [2.45, 2.75) is 26.9 Å². The molecule has 1 aromatic rings. The van der Waals surface area contributed by atoms with E-state index in [0.29, 0.717) is 20.3 Å². The lowest BCUT2D eigenvalue weighted by atomic mass is 10.2. The van der Waals surface area contributed by atoms with Crippen molar-refractivity contribution in [3.63, 3.8) is 0 Å². The summed E-state index contributed by atoms with van der Waals surface area (Å²) >= 11 is 6.77. The van der Waals surface area contributed by atoms with Crippen LogP contribution in [0.5, 0.6) is 5.75 Å². The summed E-state index contributed by atoms with van der Waals surface area (Å²) in [6.07, 6.45) is 1.38. The van der Waals surface area contributed by atoms with Crippen molar-refractivity contribution in [1.29, 1.82) is 0 Å². The first-order valence-electron chi connectivity index (χ1n) is 6.09. The smallest absolute Gasteiger partial charge is 0.352 e. The third kappa shape index (κ3) is 5.51. The summed E-state index contributed by atoms with van der Waals surface area (Å²) in [5, 5.41) is 11.3. The Hall–Kier alpha value is -1.34. The largest absolute Gasteiger partial charge is 0.489 e. The van der Waals surface area contributed by atoms with E-state index in [2.05, 4.69) is 37.2 Å². The van der Waals surface area contributed by atoms with Gasteiger partial charge in [0, 0.05) is 6.92 Å². The molecule has 0 aliphatic rings. The molecule has 0 radical (unpaired) electrons. The van der Waals surface area contributed by atoms with Gasteiger partial charge in [0.15, 0.2) is 0 Å². The molecule has 21 heavy (non-hydrogen) atoms. The van der Waals surface area contributed by atoms with E-state index >= 15 is 0 Å². The molecule has 0 heterocycles. The zero-order chi connectivity index (χ0) is 16.2. The molecular weight excluding hydrogens is 406 g/mol. The van der Waals surface area contributed by atoms with Crippen molar-refractivity contribution >= 4 is 49.8 Å². The van der Waals surface area contributed by atoms with Gasteiger partial charge in [-0.25, -0.2) is 4.79 Å². The molecular formula is C14H15Br2NO4. The van der Waals surface area contributed by atoms with Crippen LogP contribution in [0.25, 0.3) is 6.08 Å².